The van der Waals surface area contributed by atoms with Crippen LogP contribution >= 0.6 is 0 Å². The first kappa shape index (κ1) is 16.1. The molecule has 0 saturated heterocycles. The average molecular weight is 323 g/mol. The number of amides is 1. The van der Waals surface area contributed by atoms with Crippen molar-refractivity contribution in [2.75, 3.05) is 13.2 Å². The van der Waals surface area contributed by atoms with Crippen molar-refractivity contribution in [3.8, 4) is 5.75 Å². The number of carbonyl (C=O) groups is 1. The van der Waals surface area contributed by atoms with Crippen LogP contribution in [0.15, 0.2) is 48.8 Å². The fraction of sp³-hybridized carbons (Fsp3) is 0.263. The SMILES string of the molecule is Cc1ccc(OCC(=O)NCCc2ncc3ccccn23)cc1C. The van der Waals surface area contributed by atoms with Crippen LogP contribution < -0.4 is 10.1 Å². The van der Waals surface area contributed by atoms with Crippen LogP contribution in [-0.2, 0) is 11.2 Å². The molecule has 2 heterocycles. The molecule has 1 aromatic carbocycles. The second-order valence-corrected chi connectivity index (χ2v) is 5.80. The molecule has 0 unspecified atom stereocenters. The first-order valence-electron chi connectivity index (χ1n) is 8.01. The van der Waals surface area contributed by atoms with Gasteiger partial charge in [0.25, 0.3) is 5.91 Å². The van der Waals surface area contributed by atoms with Crippen LogP contribution in [0, 0.1) is 13.8 Å². The molecule has 2 aromatic heterocycles. The number of aromatic nitrogens is 2. The largest absolute Gasteiger partial charge is 0.484 e. The van der Waals surface area contributed by atoms with Crippen LogP contribution in [0.2, 0.25) is 0 Å². The number of hydrogen-bond acceptors (Lipinski definition) is 3. The lowest BCUT2D eigenvalue weighted by Gasteiger charge is -2.09. The van der Waals surface area contributed by atoms with E-state index in [1.165, 1.54) is 5.56 Å². The van der Waals surface area contributed by atoms with Crippen LogP contribution in [0.4, 0.5) is 0 Å². The summed E-state index contributed by atoms with van der Waals surface area (Å²) in [5, 5.41) is 2.86. The van der Waals surface area contributed by atoms with Crippen molar-refractivity contribution in [3.63, 3.8) is 0 Å². The van der Waals surface area contributed by atoms with Crippen LogP contribution in [0.5, 0.6) is 5.75 Å². The Kier molecular flexibility index (Phi) is 4.79. The molecule has 0 aliphatic carbocycles. The van der Waals surface area contributed by atoms with Crippen LogP contribution in [0.3, 0.4) is 0 Å². The average Bonchev–Trinajstić information content (AvgIpc) is 2.99. The summed E-state index contributed by atoms with van der Waals surface area (Å²) >= 11 is 0. The van der Waals surface area contributed by atoms with E-state index in [9.17, 15) is 4.79 Å². The summed E-state index contributed by atoms with van der Waals surface area (Å²) in [7, 11) is 0. The van der Waals surface area contributed by atoms with Crippen molar-refractivity contribution in [1.29, 1.82) is 0 Å². The second-order valence-electron chi connectivity index (χ2n) is 5.80. The predicted molar refractivity (Wildman–Crippen MR) is 93.3 cm³/mol. The highest BCUT2D eigenvalue weighted by Gasteiger charge is 2.06. The summed E-state index contributed by atoms with van der Waals surface area (Å²) in [5.41, 5.74) is 3.41. The van der Waals surface area contributed by atoms with Gasteiger partial charge in [0.1, 0.15) is 11.6 Å². The Morgan fingerprint density at radius 2 is 2.08 bits per heavy atom. The molecule has 0 saturated carbocycles. The summed E-state index contributed by atoms with van der Waals surface area (Å²) in [6, 6.07) is 11.8. The Morgan fingerprint density at radius 1 is 1.21 bits per heavy atom. The standard InChI is InChI=1S/C19H21N3O2/c1-14-6-7-17(11-15(14)2)24-13-19(23)20-9-8-18-21-12-16-5-3-4-10-22(16)18/h3-7,10-12H,8-9,13H2,1-2H3,(H,20,23). The number of hydrogen-bond donors (Lipinski definition) is 1. The molecular weight excluding hydrogens is 302 g/mol. The molecule has 5 heteroatoms. The smallest absolute Gasteiger partial charge is 0.257 e. The maximum atomic E-state index is 11.9. The van der Waals surface area contributed by atoms with Gasteiger partial charge < -0.3 is 14.5 Å². The number of nitrogens with one attached hydrogen (secondary N) is 1. The van der Waals surface area contributed by atoms with Gasteiger partial charge in [0.15, 0.2) is 6.61 Å². The van der Waals surface area contributed by atoms with Crippen molar-refractivity contribution in [1.82, 2.24) is 14.7 Å². The van der Waals surface area contributed by atoms with E-state index in [-0.39, 0.29) is 12.5 Å². The number of imidazole rings is 1. The fourth-order valence-corrected chi connectivity index (χ4v) is 2.50. The van der Waals surface area contributed by atoms with Gasteiger partial charge in [0.2, 0.25) is 0 Å². The van der Waals surface area contributed by atoms with Gasteiger partial charge in [-0.15, -0.1) is 0 Å². The molecule has 1 amide bonds. The zero-order chi connectivity index (χ0) is 16.9. The number of carbonyl (C=O) groups excluding carboxylic acids is 1. The van der Waals surface area contributed by atoms with E-state index in [1.807, 2.05) is 67.0 Å². The van der Waals surface area contributed by atoms with Gasteiger partial charge in [-0.3, -0.25) is 4.79 Å². The third-order valence-electron chi connectivity index (χ3n) is 4.03. The molecule has 0 radical (unpaired) electrons. The highest BCUT2D eigenvalue weighted by molar-refractivity contribution is 5.77. The van der Waals surface area contributed by atoms with Crippen molar-refractivity contribution in [2.24, 2.45) is 0 Å². The number of ether oxygens (including phenoxy) is 1. The van der Waals surface area contributed by atoms with Crippen molar-refractivity contribution in [3.05, 3.63) is 65.7 Å². The number of nitrogens with zero attached hydrogens (tertiary/aromatic N) is 2. The molecule has 3 aromatic rings. The first-order valence-corrected chi connectivity index (χ1v) is 8.01. The molecule has 3 rings (SSSR count). The lowest BCUT2D eigenvalue weighted by Crippen LogP contribution is -2.30. The molecule has 5 nitrogen and oxygen atoms in total. The number of benzene rings is 1. The summed E-state index contributed by atoms with van der Waals surface area (Å²) in [5.74, 6) is 1.52. The fourth-order valence-electron chi connectivity index (χ4n) is 2.50. The quantitative estimate of drug-likeness (QED) is 0.759. The minimum Gasteiger partial charge on any atom is -0.484 e. The molecule has 0 fully saturated rings. The minimum absolute atomic E-state index is 0.0187. The highest BCUT2D eigenvalue weighted by Crippen LogP contribution is 2.16. The Balaban J connectivity index is 1.46. The van der Waals surface area contributed by atoms with E-state index in [0.29, 0.717) is 18.7 Å². The monoisotopic (exact) mass is 323 g/mol. The third kappa shape index (κ3) is 3.74. The lowest BCUT2D eigenvalue weighted by molar-refractivity contribution is -0.123. The Morgan fingerprint density at radius 3 is 2.92 bits per heavy atom. The maximum Gasteiger partial charge on any atom is 0.257 e. The maximum absolute atomic E-state index is 11.9. The van der Waals surface area contributed by atoms with E-state index in [2.05, 4.69) is 10.3 Å². The van der Waals surface area contributed by atoms with Crippen molar-refractivity contribution >= 4 is 11.4 Å². The molecule has 0 bridgehead atoms. The van der Waals surface area contributed by atoms with Gasteiger partial charge in [0.05, 0.1) is 11.7 Å². The molecule has 0 aliphatic heterocycles. The van der Waals surface area contributed by atoms with Crippen LogP contribution in [0.1, 0.15) is 17.0 Å². The third-order valence-corrected chi connectivity index (χ3v) is 4.03. The summed E-state index contributed by atoms with van der Waals surface area (Å²) in [4.78, 5) is 16.3. The zero-order valence-corrected chi connectivity index (χ0v) is 14.0. The summed E-state index contributed by atoms with van der Waals surface area (Å²) < 4.78 is 7.55. The van der Waals surface area contributed by atoms with Gasteiger partial charge in [0, 0.05) is 19.2 Å². The second kappa shape index (κ2) is 7.17. The molecule has 124 valence electrons. The Labute approximate surface area is 141 Å². The normalized spacial score (nSPS) is 10.8. The lowest BCUT2D eigenvalue weighted by atomic mass is 10.1. The zero-order valence-electron chi connectivity index (χ0n) is 14.0. The van der Waals surface area contributed by atoms with Crippen molar-refractivity contribution < 1.29 is 9.53 Å². The number of pyridine rings is 1. The number of rotatable bonds is 6. The van der Waals surface area contributed by atoms with E-state index < -0.39 is 0 Å². The van der Waals surface area contributed by atoms with Crippen LogP contribution in [-0.4, -0.2) is 28.4 Å². The van der Waals surface area contributed by atoms with E-state index in [0.717, 1.165) is 16.9 Å². The molecule has 0 spiro atoms. The van der Waals surface area contributed by atoms with Gasteiger partial charge in [-0.1, -0.05) is 12.1 Å². The number of fused-ring (bicyclic) bond motifs is 1. The van der Waals surface area contributed by atoms with Gasteiger partial charge in [-0.05, 0) is 49.2 Å². The van der Waals surface area contributed by atoms with Crippen molar-refractivity contribution in [2.45, 2.75) is 20.3 Å². The first-order chi connectivity index (χ1) is 11.6. The molecule has 1 N–H and O–H groups in total. The van der Waals surface area contributed by atoms with E-state index >= 15 is 0 Å². The minimum atomic E-state index is -0.130. The molecule has 0 atom stereocenters. The molecule has 24 heavy (non-hydrogen) atoms. The number of aryl methyl sites for hydroxylation is 2. The Hall–Kier alpha value is -2.82. The summed E-state index contributed by atoms with van der Waals surface area (Å²) in [6.07, 6.45) is 4.48. The Bertz CT molecular complexity index is 855. The highest BCUT2D eigenvalue weighted by atomic mass is 16.5. The van der Waals surface area contributed by atoms with Gasteiger partial charge in [-0.2, -0.15) is 0 Å². The van der Waals surface area contributed by atoms with Crippen LogP contribution in [0.25, 0.3) is 5.52 Å². The van der Waals surface area contributed by atoms with Gasteiger partial charge in [-0.25, -0.2) is 4.98 Å². The van der Waals surface area contributed by atoms with E-state index in [1.54, 1.807) is 0 Å². The molecular formula is C19H21N3O2. The van der Waals surface area contributed by atoms with Gasteiger partial charge >= 0.3 is 0 Å². The van der Waals surface area contributed by atoms with E-state index in [4.69, 9.17) is 4.74 Å². The molecule has 0 aliphatic rings. The predicted octanol–water partition coefficient (Wildman–Crippen LogP) is 2.69. The summed E-state index contributed by atoms with van der Waals surface area (Å²) in [6.45, 7) is 4.62. The topological polar surface area (TPSA) is 55.6 Å².